The number of rotatable bonds is 4. The van der Waals surface area contributed by atoms with Crippen molar-refractivity contribution in [3.05, 3.63) is 53.5 Å². The average Bonchev–Trinajstić information content (AvgIpc) is 3.40. The molecule has 0 atom stereocenters. The minimum Gasteiger partial charge on any atom is -0.486 e. The Morgan fingerprint density at radius 2 is 1.84 bits per heavy atom. The molecule has 1 saturated heterocycles. The number of hydrogen-bond acceptors (Lipinski definition) is 7. The summed E-state index contributed by atoms with van der Waals surface area (Å²) in [6, 6.07) is 10.6. The predicted octanol–water partition coefficient (Wildman–Crippen LogP) is 3.54. The quantitative estimate of drug-likeness (QED) is 0.508. The minimum absolute atomic E-state index is 0.0186. The number of carbonyl (C=O) groups is 2. The molecule has 0 aliphatic carbocycles. The molecule has 0 radical (unpaired) electrons. The third kappa shape index (κ3) is 4.25. The van der Waals surface area contributed by atoms with E-state index in [0.29, 0.717) is 72.8 Å². The maximum absolute atomic E-state index is 15.2. The van der Waals surface area contributed by atoms with Gasteiger partial charge in [-0.05, 0) is 41.8 Å². The van der Waals surface area contributed by atoms with Gasteiger partial charge in [0.1, 0.15) is 11.9 Å². The van der Waals surface area contributed by atoms with Gasteiger partial charge in [0.2, 0.25) is 24.4 Å². The standard InChI is InChI=1S/C28H27FN4O5/c1-15(34)33-10-7-18(8-11-33)38-23-5-4-20(24-25(23)37-14-36-24)22-13-21(27(30)32-26(22)29)16-2-3-19-17(12-16)6-9-31-28(19)35/h2-5,12-13,18H,6-11,14H2,1H3,(H2,30,32)(H,31,35). The number of aromatic nitrogens is 1. The predicted molar refractivity (Wildman–Crippen MR) is 138 cm³/mol. The van der Waals surface area contributed by atoms with Crippen LogP contribution in [0, 0.1) is 5.95 Å². The van der Waals surface area contributed by atoms with Crippen LogP contribution < -0.4 is 25.3 Å². The first kappa shape index (κ1) is 24.0. The van der Waals surface area contributed by atoms with Crippen LogP contribution in [-0.4, -0.2) is 54.2 Å². The number of anilines is 1. The summed E-state index contributed by atoms with van der Waals surface area (Å²) >= 11 is 0. The molecule has 3 aromatic rings. The van der Waals surface area contributed by atoms with Gasteiger partial charge in [-0.2, -0.15) is 4.39 Å². The van der Waals surface area contributed by atoms with Gasteiger partial charge in [0.05, 0.1) is 0 Å². The van der Waals surface area contributed by atoms with Crippen molar-refractivity contribution in [1.29, 1.82) is 0 Å². The number of pyridine rings is 1. The normalized spacial score (nSPS) is 16.7. The van der Waals surface area contributed by atoms with Crippen molar-refractivity contribution in [3.8, 4) is 39.5 Å². The number of nitrogens with one attached hydrogen (secondary N) is 1. The molecule has 2 aromatic carbocycles. The Kier molecular flexibility index (Phi) is 6.01. The van der Waals surface area contributed by atoms with E-state index in [2.05, 4.69) is 10.3 Å². The fraction of sp³-hybridized carbons (Fsp3) is 0.321. The lowest BCUT2D eigenvalue weighted by Gasteiger charge is -2.31. The molecule has 3 aliphatic heterocycles. The minimum atomic E-state index is -0.730. The first-order chi connectivity index (χ1) is 18.4. The summed E-state index contributed by atoms with van der Waals surface area (Å²) in [5, 5.41) is 2.83. The molecule has 1 aromatic heterocycles. The molecule has 0 bridgehead atoms. The van der Waals surface area contributed by atoms with Crippen molar-refractivity contribution < 1.29 is 28.2 Å². The van der Waals surface area contributed by atoms with Gasteiger partial charge < -0.3 is 30.2 Å². The number of likely N-dealkylation sites (tertiary alicyclic amines) is 1. The van der Waals surface area contributed by atoms with E-state index in [-0.39, 0.29) is 36.1 Å². The van der Waals surface area contributed by atoms with Crippen molar-refractivity contribution in [1.82, 2.24) is 15.2 Å². The summed E-state index contributed by atoms with van der Waals surface area (Å²) in [7, 11) is 0. The Morgan fingerprint density at radius 1 is 1.08 bits per heavy atom. The topological polar surface area (TPSA) is 116 Å². The van der Waals surface area contributed by atoms with Gasteiger partial charge in [-0.15, -0.1) is 0 Å². The summed E-state index contributed by atoms with van der Waals surface area (Å²) in [6.45, 7) is 3.38. The second-order valence-electron chi connectivity index (χ2n) is 9.64. The lowest BCUT2D eigenvalue weighted by molar-refractivity contribution is -0.130. The molecule has 196 valence electrons. The molecule has 0 unspecified atom stereocenters. The van der Waals surface area contributed by atoms with Crippen LogP contribution >= 0.6 is 0 Å². The van der Waals surface area contributed by atoms with Crippen LogP contribution in [0.25, 0.3) is 22.3 Å². The molecule has 10 heteroatoms. The zero-order chi connectivity index (χ0) is 26.4. The highest BCUT2D eigenvalue weighted by atomic mass is 19.1. The highest BCUT2D eigenvalue weighted by molar-refractivity contribution is 5.97. The second-order valence-corrected chi connectivity index (χ2v) is 9.64. The van der Waals surface area contributed by atoms with Gasteiger partial charge in [-0.3, -0.25) is 9.59 Å². The van der Waals surface area contributed by atoms with E-state index in [1.807, 2.05) is 6.07 Å². The van der Waals surface area contributed by atoms with Crippen LogP contribution in [0.4, 0.5) is 10.2 Å². The average molecular weight is 519 g/mol. The van der Waals surface area contributed by atoms with Crippen LogP contribution in [0.5, 0.6) is 17.2 Å². The Balaban J connectivity index is 1.33. The summed E-state index contributed by atoms with van der Waals surface area (Å²) in [4.78, 5) is 29.5. The summed E-state index contributed by atoms with van der Waals surface area (Å²) in [5.41, 5.74) is 9.66. The molecule has 3 aliphatic rings. The van der Waals surface area contributed by atoms with Crippen molar-refractivity contribution in [3.63, 3.8) is 0 Å². The third-order valence-electron chi connectivity index (χ3n) is 7.30. The number of piperidine rings is 1. The van der Waals surface area contributed by atoms with E-state index in [9.17, 15) is 9.59 Å². The molecular formula is C28H27FN4O5. The van der Waals surface area contributed by atoms with Crippen molar-refractivity contribution in [2.75, 3.05) is 32.2 Å². The molecule has 1 fully saturated rings. The number of amides is 2. The van der Waals surface area contributed by atoms with E-state index in [1.54, 1.807) is 42.2 Å². The number of benzene rings is 2. The van der Waals surface area contributed by atoms with E-state index in [1.165, 1.54) is 0 Å². The summed E-state index contributed by atoms with van der Waals surface area (Å²) in [6.07, 6.45) is 2.04. The van der Waals surface area contributed by atoms with Gasteiger partial charge in [-0.1, -0.05) is 12.1 Å². The van der Waals surface area contributed by atoms with E-state index in [4.69, 9.17) is 19.9 Å². The van der Waals surface area contributed by atoms with Crippen molar-refractivity contribution in [2.45, 2.75) is 32.3 Å². The number of halogens is 1. The molecule has 2 amide bonds. The molecular weight excluding hydrogens is 491 g/mol. The zero-order valence-electron chi connectivity index (χ0n) is 20.9. The van der Waals surface area contributed by atoms with Gasteiger partial charge in [-0.25, -0.2) is 4.98 Å². The summed E-state index contributed by atoms with van der Waals surface area (Å²) in [5.74, 6) is 0.576. The van der Waals surface area contributed by atoms with Crippen molar-refractivity contribution >= 4 is 17.6 Å². The van der Waals surface area contributed by atoms with Crippen LogP contribution in [0.1, 0.15) is 35.7 Å². The lowest BCUT2D eigenvalue weighted by Crippen LogP contribution is -2.40. The molecule has 4 heterocycles. The van der Waals surface area contributed by atoms with E-state index >= 15 is 4.39 Å². The number of ether oxygens (including phenoxy) is 3. The molecule has 9 nitrogen and oxygen atoms in total. The first-order valence-corrected chi connectivity index (χ1v) is 12.6. The van der Waals surface area contributed by atoms with E-state index < -0.39 is 5.95 Å². The molecule has 6 rings (SSSR count). The monoisotopic (exact) mass is 518 g/mol. The molecule has 38 heavy (non-hydrogen) atoms. The Bertz CT molecular complexity index is 1450. The number of nitrogens with zero attached hydrogens (tertiary/aromatic N) is 2. The third-order valence-corrected chi connectivity index (χ3v) is 7.30. The van der Waals surface area contributed by atoms with Gasteiger partial charge >= 0.3 is 0 Å². The zero-order valence-corrected chi connectivity index (χ0v) is 20.9. The maximum Gasteiger partial charge on any atom is 0.251 e. The lowest BCUT2D eigenvalue weighted by atomic mass is 9.94. The number of hydrogen-bond donors (Lipinski definition) is 2. The van der Waals surface area contributed by atoms with Crippen LogP contribution in [0.15, 0.2) is 36.4 Å². The van der Waals surface area contributed by atoms with Gasteiger partial charge in [0.15, 0.2) is 11.5 Å². The SMILES string of the molecule is CC(=O)N1CCC(Oc2ccc(-c3cc(-c4ccc5c(c4)CCNC5=O)c(N)nc3F)c3c2OCO3)CC1. The number of fused-ring (bicyclic) bond motifs is 2. The Labute approximate surface area is 218 Å². The second kappa shape index (κ2) is 9.51. The van der Waals surface area contributed by atoms with Gasteiger partial charge in [0, 0.05) is 61.7 Å². The van der Waals surface area contributed by atoms with Crippen LogP contribution in [0.2, 0.25) is 0 Å². The smallest absolute Gasteiger partial charge is 0.251 e. The van der Waals surface area contributed by atoms with E-state index in [0.717, 1.165) is 11.1 Å². The number of nitrogen functional groups attached to an aromatic ring is 1. The Hall–Kier alpha value is -4.34. The fourth-order valence-electron chi connectivity index (χ4n) is 5.26. The first-order valence-electron chi connectivity index (χ1n) is 12.6. The van der Waals surface area contributed by atoms with Gasteiger partial charge in [0.25, 0.3) is 5.91 Å². The molecule has 0 spiro atoms. The van der Waals surface area contributed by atoms with Crippen molar-refractivity contribution in [2.24, 2.45) is 0 Å². The molecule has 3 N–H and O–H groups in total. The number of nitrogens with two attached hydrogens (primary N) is 1. The molecule has 0 saturated carbocycles. The highest BCUT2D eigenvalue weighted by Gasteiger charge is 2.29. The highest BCUT2D eigenvalue weighted by Crippen LogP contribution is 2.49. The largest absolute Gasteiger partial charge is 0.486 e. The maximum atomic E-state index is 15.2. The fourth-order valence-corrected chi connectivity index (χ4v) is 5.26. The number of carbonyl (C=O) groups excluding carboxylic acids is 2. The van der Waals surface area contributed by atoms with Crippen LogP contribution in [-0.2, 0) is 11.2 Å². The summed E-state index contributed by atoms with van der Waals surface area (Å²) < 4.78 is 32.9. The van der Waals surface area contributed by atoms with Crippen LogP contribution in [0.3, 0.4) is 0 Å². The Morgan fingerprint density at radius 3 is 2.63 bits per heavy atom.